The van der Waals surface area contributed by atoms with Crippen molar-refractivity contribution in [2.75, 3.05) is 41.4 Å². The van der Waals surface area contributed by atoms with Gasteiger partial charge in [0.25, 0.3) is 5.91 Å². The van der Waals surface area contributed by atoms with Crippen LogP contribution in [0, 0.1) is 11.3 Å². The normalized spacial score (nSPS) is 11.1. The van der Waals surface area contributed by atoms with E-state index in [1.54, 1.807) is 0 Å². The zero-order valence-corrected chi connectivity index (χ0v) is 14.4. The lowest BCUT2D eigenvalue weighted by Gasteiger charge is -2.10. The molecular formula is C17H23N3O4. The van der Waals surface area contributed by atoms with Crippen LogP contribution in [0.5, 0.6) is 17.2 Å². The lowest BCUT2D eigenvalue weighted by molar-refractivity contribution is -0.117. The van der Waals surface area contributed by atoms with E-state index in [2.05, 4.69) is 5.32 Å². The van der Waals surface area contributed by atoms with Crippen LogP contribution >= 0.6 is 0 Å². The van der Waals surface area contributed by atoms with E-state index in [0.29, 0.717) is 12.1 Å². The Morgan fingerprint density at radius 3 is 2.38 bits per heavy atom. The van der Waals surface area contributed by atoms with Gasteiger partial charge in [-0.25, -0.2) is 0 Å². The fourth-order valence-corrected chi connectivity index (χ4v) is 2.00. The van der Waals surface area contributed by atoms with Crippen molar-refractivity contribution < 1.29 is 19.4 Å². The first-order valence-corrected chi connectivity index (χ1v) is 7.42. The molecule has 0 saturated heterocycles. The van der Waals surface area contributed by atoms with E-state index in [0.717, 1.165) is 13.0 Å². The number of nitrogens with one attached hydrogen (secondary N) is 1. The van der Waals surface area contributed by atoms with E-state index in [4.69, 9.17) is 9.47 Å². The number of phenolic OH excluding ortho intramolecular Hbond substituents is 1. The van der Waals surface area contributed by atoms with E-state index >= 15 is 0 Å². The molecule has 1 aromatic carbocycles. The molecule has 0 bridgehead atoms. The van der Waals surface area contributed by atoms with Crippen LogP contribution < -0.4 is 14.8 Å². The second kappa shape index (κ2) is 9.43. The third kappa shape index (κ3) is 5.48. The Bertz CT molecular complexity index is 623. The molecule has 0 radical (unpaired) electrons. The molecule has 0 aliphatic heterocycles. The van der Waals surface area contributed by atoms with E-state index in [1.165, 1.54) is 32.4 Å². The average molecular weight is 333 g/mol. The molecule has 0 heterocycles. The van der Waals surface area contributed by atoms with E-state index < -0.39 is 5.91 Å². The van der Waals surface area contributed by atoms with Crippen LogP contribution in [0.3, 0.4) is 0 Å². The van der Waals surface area contributed by atoms with Gasteiger partial charge in [0.05, 0.1) is 14.2 Å². The summed E-state index contributed by atoms with van der Waals surface area (Å²) in [5, 5.41) is 21.8. The van der Waals surface area contributed by atoms with Crippen LogP contribution in [0.25, 0.3) is 6.08 Å². The minimum atomic E-state index is -0.442. The third-order valence-electron chi connectivity index (χ3n) is 3.25. The molecule has 7 heteroatoms. The molecule has 0 saturated carbocycles. The van der Waals surface area contributed by atoms with Crippen molar-refractivity contribution in [3.8, 4) is 23.3 Å². The first-order valence-electron chi connectivity index (χ1n) is 7.42. The van der Waals surface area contributed by atoms with Gasteiger partial charge in [-0.1, -0.05) is 0 Å². The number of rotatable bonds is 8. The molecule has 1 rings (SSSR count). The summed E-state index contributed by atoms with van der Waals surface area (Å²) in [5.74, 6) is -0.181. The SMILES string of the molecule is COc1cc(C=C(C#N)C(=O)NCCCN(C)C)cc(OC)c1O. The Labute approximate surface area is 142 Å². The van der Waals surface area contributed by atoms with Gasteiger partial charge in [0.1, 0.15) is 11.6 Å². The van der Waals surface area contributed by atoms with Gasteiger partial charge in [0.15, 0.2) is 11.5 Å². The topological polar surface area (TPSA) is 94.8 Å². The number of methoxy groups -OCH3 is 2. The number of nitrogens with zero attached hydrogens (tertiary/aromatic N) is 2. The van der Waals surface area contributed by atoms with Crippen LogP contribution in [-0.4, -0.2) is 57.3 Å². The van der Waals surface area contributed by atoms with Gasteiger partial charge in [-0.15, -0.1) is 0 Å². The van der Waals surface area contributed by atoms with Gasteiger partial charge in [0, 0.05) is 6.54 Å². The molecule has 7 nitrogen and oxygen atoms in total. The monoisotopic (exact) mass is 333 g/mol. The summed E-state index contributed by atoms with van der Waals surface area (Å²) in [6, 6.07) is 4.93. The van der Waals surface area contributed by atoms with Crippen molar-refractivity contribution in [1.82, 2.24) is 10.2 Å². The van der Waals surface area contributed by atoms with Gasteiger partial charge in [0.2, 0.25) is 5.75 Å². The number of amides is 1. The van der Waals surface area contributed by atoms with E-state index in [9.17, 15) is 15.2 Å². The van der Waals surface area contributed by atoms with Gasteiger partial charge >= 0.3 is 0 Å². The fraction of sp³-hybridized carbons (Fsp3) is 0.412. The molecule has 0 aliphatic rings. The Morgan fingerprint density at radius 2 is 1.92 bits per heavy atom. The van der Waals surface area contributed by atoms with Crippen molar-refractivity contribution in [2.45, 2.75) is 6.42 Å². The minimum Gasteiger partial charge on any atom is -0.502 e. The third-order valence-corrected chi connectivity index (χ3v) is 3.25. The summed E-state index contributed by atoms with van der Waals surface area (Å²) in [6.45, 7) is 1.33. The molecular weight excluding hydrogens is 310 g/mol. The molecule has 0 spiro atoms. The number of hydrogen-bond acceptors (Lipinski definition) is 6. The summed E-state index contributed by atoms with van der Waals surface area (Å²) in [6.07, 6.45) is 2.21. The van der Waals surface area contributed by atoms with Crippen LogP contribution in [0.1, 0.15) is 12.0 Å². The molecule has 0 fully saturated rings. The molecule has 1 aromatic rings. The Kier molecular flexibility index (Phi) is 7.59. The smallest absolute Gasteiger partial charge is 0.261 e. The summed E-state index contributed by atoms with van der Waals surface area (Å²) in [5.41, 5.74) is 0.483. The minimum absolute atomic E-state index is 0.0327. The summed E-state index contributed by atoms with van der Waals surface area (Å²) in [4.78, 5) is 14.1. The first kappa shape index (κ1) is 19.3. The number of carbonyl (C=O) groups is 1. The number of benzene rings is 1. The van der Waals surface area contributed by atoms with Gasteiger partial charge in [-0.2, -0.15) is 5.26 Å². The van der Waals surface area contributed by atoms with Crippen molar-refractivity contribution in [1.29, 1.82) is 5.26 Å². The molecule has 0 aliphatic carbocycles. The molecule has 24 heavy (non-hydrogen) atoms. The van der Waals surface area contributed by atoms with Crippen LogP contribution in [0.4, 0.5) is 0 Å². The average Bonchev–Trinajstić information content (AvgIpc) is 2.57. The number of hydrogen-bond donors (Lipinski definition) is 2. The molecule has 0 atom stereocenters. The maximum absolute atomic E-state index is 12.1. The molecule has 2 N–H and O–H groups in total. The Morgan fingerprint density at radius 1 is 1.33 bits per heavy atom. The lowest BCUT2D eigenvalue weighted by atomic mass is 10.1. The highest BCUT2D eigenvalue weighted by atomic mass is 16.5. The van der Waals surface area contributed by atoms with Crippen molar-refractivity contribution >= 4 is 12.0 Å². The van der Waals surface area contributed by atoms with E-state index in [-0.39, 0.29) is 22.8 Å². The Balaban J connectivity index is 2.92. The van der Waals surface area contributed by atoms with Gasteiger partial charge in [-0.05, 0) is 50.8 Å². The van der Waals surface area contributed by atoms with Crippen molar-refractivity contribution in [2.24, 2.45) is 0 Å². The summed E-state index contributed by atoms with van der Waals surface area (Å²) >= 11 is 0. The Hall–Kier alpha value is -2.72. The highest BCUT2D eigenvalue weighted by Gasteiger charge is 2.13. The van der Waals surface area contributed by atoms with Crippen molar-refractivity contribution in [3.05, 3.63) is 23.3 Å². The summed E-state index contributed by atoms with van der Waals surface area (Å²) in [7, 11) is 6.72. The number of nitriles is 1. The summed E-state index contributed by atoms with van der Waals surface area (Å²) < 4.78 is 10.1. The standard InChI is InChI=1S/C17H23N3O4/c1-20(2)7-5-6-19-17(22)13(11-18)8-12-9-14(23-3)16(21)15(10-12)24-4/h8-10,21H,5-7H2,1-4H3,(H,19,22). The largest absolute Gasteiger partial charge is 0.502 e. The van der Waals surface area contributed by atoms with Crippen LogP contribution in [0.15, 0.2) is 17.7 Å². The molecule has 0 unspecified atom stereocenters. The van der Waals surface area contributed by atoms with Crippen LogP contribution in [0.2, 0.25) is 0 Å². The first-order chi connectivity index (χ1) is 11.4. The second-order valence-electron chi connectivity index (χ2n) is 5.36. The molecule has 130 valence electrons. The zero-order chi connectivity index (χ0) is 18.1. The maximum atomic E-state index is 12.1. The van der Waals surface area contributed by atoms with Crippen LogP contribution in [-0.2, 0) is 4.79 Å². The second-order valence-corrected chi connectivity index (χ2v) is 5.36. The molecule has 1 amide bonds. The lowest BCUT2D eigenvalue weighted by Crippen LogP contribution is -2.27. The van der Waals surface area contributed by atoms with Crippen molar-refractivity contribution in [3.63, 3.8) is 0 Å². The maximum Gasteiger partial charge on any atom is 0.261 e. The number of aromatic hydroxyl groups is 1. The quantitative estimate of drug-likeness (QED) is 0.424. The predicted octanol–water partition coefficient (Wildman–Crippen LogP) is 1.38. The zero-order valence-electron chi connectivity index (χ0n) is 14.4. The fourth-order valence-electron chi connectivity index (χ4n) is 2.00. The molecule has 0 aromatic heterocycles. The highest BCUT2D eigenvalue weighted by molar-refractivity contribution is 6.01. The van der Waals surface area contributed by atoms with E-state index in [1.807, 2.05) is 25.1 Å². The number of ether oxygens (including phenoxy) is 2. The number of phenols is 1. The predicted molar refractivity (Wildman–Crippen MR) is 91.0 cm³/mol. The highest BCUT2D eigenvalue weighted by Crippen LogP contribution is 2.37. The number of carbonyl (C=O) groups excluding carboxylic acids is 1. The van der Waals surface area contributed by atoms with Gasteiger partial charge < -0.3 is 24.8 Å². The van der Waals surface area contributed by atoms with Gasteiger partial charge in [-0.3, -0.25) is 4.79 Å².